The van der Waals surface area contributed by atoms with Gasteiger partial charge in [-0.3, -0.25) is 4.98 Å². The average Bonchev–Trinajstić information content (AvgIpc) is 2.90. The molecule has 4 rings (SSSR count). The maximum atomic E-state index is 13.6. The number of hydrogen-bond donors (Lipinski definition) is 1. The molecule has 1 aromatic carbocycles. The van der Waals surface area contributed by atoms with Crippen LogP contribution in [0.15, 0.2) is 47.5 Å². The van der Waals surface area contributed by atoms with E-state index < -0.39 is 32.9 Å². The molecule has 0 amide bonds. The van der Waals surface area contributed by atoms with E-state index in [1.165, 1.54) is 32.5 Å². The molecule has 0 bridgehead atoms. The van der Waals surface area contributed by atoms with E-state index in [1.807, 2.05) is 4.90 Å². The minimum atomic E-state index is -5.48. The molecular formula is C22H22F3N5O6S. The number of anilines is 2. The summed E-state index contributed by atoms with van der Waals surface area (Å²) >= 11 is 0. The molecule has 1 N–H and O–H groups in total. The number of alkyl halides is 3. The van der Waals surface area contributed by atoms with Gasteiger partial charge in [0, 0.05) is 43.8 Å². The summed E-state index contributed by atoms with van der Waals surface area (Å²) in [5.74, 6) is -2.92. The molecule has 0 radical (unpaired) electrons. The van der Waals surface area contributed by atoms with E-state index in [0.29, 0.717) is 37.1 Å². The van der Waals surface area contributed by atoms with E-state index >= 15 is 0 Å². The maximum Gasteiger partial charge on any atom is 0.493 e. The standard InChI is InChI=1S/C22H22F3N5O6S/c1-34-16-6-5-15(13-17(16)35-2)37(32,33)30(36-21(31)22(23,24)25)18-12-14-4-3-7-27-19(14)20(28-18)29-10-8-26-9-11-29/h3-7,12-13,26H,8-11H2,1-2H3. The van der Waals surface area contributed by atoms with Gasteiger partial charge in [-0.2, -0.15) is 21.6 Å². The Labute approximate surface area is 209 Å². The molecule has 11 nitrogen and oxygen atoms in total. The zero-order valence-corrected chi connectivity index (χ0v) is 20.5. The van der Waals surface area contributed by atoms with Crippen molar-refractivity contribution in [1.82, 2.24) is 15.3 Å². The number of aromatic nitrogens is 2. The van der Waals surface area contributed by atoms with Crippen molar-refractivity contribution in [3.63, 3.8) is 0 Å². The number of hydrogen-bond acceptors (Lipinski definition) is 10. The molecule has 0 saturated carbocycles. The van der Waals surface area contributed by atoms with Crippen LogP contribution in [0.5, 0.6) is 11.5 Å². The topological polar surface area (TPSA) is 123 Å². The van der Waals surface area contributed by atoms with Crippen LogP contribution in [-0.2, 0) is 19.7 Å². The number of ether oxygens (including phenoxy) is 2. The molecule has 1 aliphatic heterocycles. The Hall–Kier alpha value is -3.85. The number of nitrogens with one attached hydrogen (secondary N) is 1. The van der Waals surface area contributed by atoms with Gasteiger partial charge in [-0.15, -0.1) is 0 Å². The van der Waals surface area contributed by atoms with Gasteiger partial charge in [-0.25, -0.2) is 9.78 Å². The molecule has 15 heteroatoms. The zero-order chi connectivity index (χ0) is 26.8. The van der Waals surface area contributed by atoms with Gasteiger partial charge in [-0.05, 0) is 24.3 Å². The van der Waals surface area contributed by atoms with Crippen LogP contribution in [0.4, 0.5) is 24.8 Å². The van der Waals surface area contributed by atoms with Crippen molar-refractivity contribution in [2.75, 3.05) is 49.8 Å². The second-order valence-electron chi connectivity index (χ2n) is 7.74. The first-order valence-electron chi connectivity index (χ1n) is 10.8. The van der Waals surface area contributed by atoms with Crippen LogP contribution in [0.25, 0.3) is 10.9 Å². The SMILES string of the molecule is COc1ccc(S(=O)(=O)N(OC(=O)C(F)(F)F)c2cc3cccnc3c(N3CCNCC3)n2)cc1OC. The number of benzene rings is 1. The lowest BCUT2D eigenvalue weighted by atomic mass is 10.2. The Balaban J connectivity index is 1.90. The van der Waals surface area contributed by atoms with Gasteiger partial charge in [0.25, 0.3) is 10.0 Å². The molecule has 37 heavy (non-hydrogen) atoms. The van der Waals surface area contributed by atoms with Crippen LogP contribution < -0.4 is 24.2 Å². The summed E-state index contributed by atoms with van der Waals surface area (Å²) in [6.07, 6.45) is -3.97. The first-order valence-corrected chi connectivity index (χ1v) is 12.3. The lowest BCUT2D eigenvalue weighted by Crippen LogP contribution is -2.44. The van der Waals surface area contributed by atoms with Crippen LogP contribution >= 0.6 is 0 Å². The monoisotopic (exact) mass is 541 g/mol. The van der Waals surface area contributed by atoms with Crippen molar-refractivity contribution < 1.29 is 40.7 Å². The Morgan fingerprint density at radius 2 is 1.78 bits per heavy atom. The van der Waals surface area contributed by atoms with Gasteiger partial charge in [0.15, 0.2) is 23.1 Å². The van der Waals surface area contributed by atoms with Crippen LogP contribution in [0.3, 0.4) is 0 Å². The number of carbonyl (C=O) groups is 1. The lowest BCUT2D eigenvalue weighted by molar-refractivity contribution is -0.199. The highest BCUT2D eigenvalue weighted by molar-refractivity contribution is 7.92. The largest absolute Gasteiger partial charge is 0.493 e. The molecule has 3 aromatic rings. The number of sulfonamides is 1. The number of pyridine rings is 2. The highest BCUT2D eigenvalue weighted by Gasteiger charge is 2.45. The third-order valence-electron chi connectivity index (χ3n) is 5.43. The number of methoxy groups -OCH3 is 2. The number of piperazine rings is 1. The van der Waals surface area contributed by atoms with Crippen LogP contribution in [0.2, 0.25) is 0 Å². The Morgan fingerprint density at radius 1 is 1.08 bits per heavy atom. The summed E-state index contributed by atoms with van der Waals surface area (Å²) in [4.78, 5) is 26.2. The molecule has 0 aliphatic carbocycles. The third kappa shape index (κ3) is 5.32. The van der Waals surface area contributed by atoms with Gasteiger partial charge in [-0.1, -0.05) is 10.5 Å². The van der Waals surface area contributed by atoms with Crippen LogP contribution in [-0.4, -0.2) is 70.9 Å². The van der Waals surface area contributed by atoms with E-state index in [-0.39, 0.29) is 21.8 Å². The molecule has 1 fully saturated rings. The highest BCUT2D eigenvalue weighted by Crippen LogP contribution is 2.35. The third-order valence-corrected chi connectivity index (χ3v) is 6.98. The predicted molar refractivity (Wildman–Crippen MR) is 126 cm³/mol. The normalized spacial score (nSPS) is 14.4. The summed E-state index contributed by atoms with van der Waals surface area (Å²) in [6.45, 7) is 2.15. The number of fused-ring (bicyclic) bond motifs is 1. The second kappa shape index (κ2) is 10.3. The highest BCUT2D eigenvalue weighted by atomic mass is 32.2. The zero-order valence-electron chi connectivity index (χ0n) is 19.7. The molecule has 0 spiro atoms. The predicted octanol–water partition coefficient (Wildman–Crippen LogP) is 2.27. The second-order valence-corrected chi connectivity index (χ2v) is 9.49. The number of halogens is 3. The van der Waals surface area contributed by atoms with Crippen molar-refractivity contribution in [2.24, 2.45) is 0 Å². The van der Waals surface area contributed by atoms with Gasteiger partial charge in [0.05, 0.1) is 19.1 Å². The van der Waals surface area contributed by atoms with Crippen LogP contribution in [0, 0.1) is 0 Å². The summed E-state index contributed by atoms with van der Waals surface area (Å²) in [5.41, 5.74) is 0.402. The van der Waals surface area contributed by atoms with E-state index in [4.69, 9.17) is 9.47 Å². The molecule has 3 heterocycles. The lowest BCUT2D eigenvalue weighted by Gasteiger charge is -2.30. The number of carbonyl (C=O) groups excluding carboxylic acids is 1. The minimum absolute atomic E-state index is 0.0113. The van der Waals surface area contributed by atoms with Crippen LogP contribution in [0.1, 0.15) is 0 Å². The molecule has 198 valence electrons. The van der Waals surface area contributed by atoms with Gasteiger partial charge >= 0.3 is 12.1 Å². The van der Waals surface area contributed by atoms with E-state index in [1.54, 1.807) is 12.1 Å². The Kier molecular flexibility index (Phi) is 7.27. The Bertz CT molecular complexity index is 1410. The number of nitrogens with zero attached hydrogens (tertiary/aromatic N) is 4. The molecule has 1 saturated heterocycles. The first kappa shape index (κ1) is 26.2. The van der Waals surface area contributed by atoms with Gasteiger partial charge in [0.1, 0.15) is 5.52 Å². The maximum absolute atomic E-state index is 13.6. The van der Waals surface area contributed by atoms with Crippen molar-refractivity contribution in [1.29, 1.82) is 0 Å². The average molecular weight is 542 g/mol. The summed E-state index contributed by atoms with van der Waals surface area (Å²) in [7, 11) is -2.36. The van der Waals surface area contributed by atoms with Crippen molar-refractivity contribution >= 4 is 38.5 Å². The molecule has 0 atom stereocenters. The summed E-state index contributed by atoms with van der Waals surface area (Å²) < 4.78 is 76.8. The van der Waals surface area contributed by atoms with Crippen molar-refractivity contribution in [3.8, 4) is 11.5 Å². The fourth-order valence-corrected chi connectivity index (χ4v) is 4.86. The summed E-state index contributed by atoms with van der Waals surface area (Å²) in [5, 5.41) is 3.54. The van der Waals surface area contributed by atoms with E-state index in [2.05, 4.69) is 20.1 Å². The molecule has 0 unspecified atom stereocenters. The van der Waals surface area contributed by atoms with Crippen molar-refractivity contribution in [3.05, 3.63) is 42.6 Å². The Morgan fingerprint density at radius 3 is 2.43 bits per heavy atom. The molecule has 1 aliphatic rings. The number of rotatable bonds is 7. The smallest absolute Gasteiger partial charge is 0.493 e. The minimum Gasteiger partial charge on any atom is -0.493 e. The quantitative estimate of drug-likeness (QED) is 0.446. The summed E-state index contributed by atoms with van der Waals surface area (Å²) in [6, 6.07) is 7.69. The fraction of sp³-hybridized carbons (Fsp3) is 0.318. The van der Waals surface area contributed by atoms with Crippen molar-refractivity contribution in [2.45, 2.75) is 11.1 Å². The van der Waals surface area contributed by atoms with E-state index in [9.17, 15) is 26.4 Å². The molecular weight excluding hydrogens is 519 g/mol. The van der Waals surface area contributed by atoms with Gasteiger partial charge < -0.3 is 24.5 Å². The first-order chi connectivity index (χ1) is 17.6. The van der Waals surface area contributed by atoms with Gasteiger partial charge in [0.2, 0.25) is 0 Å². The fourth-order valence-electron chi connectivity index (χ4n) is 3.66. The molecule has 2 aromatic heterocycles. The van der Waals surface area contributed by atoms with E-state index in [0.717, 1.165) is 12.1 Å².